The molecule has 1 aromatic carbocycles. The Morgan fingerprint density at radius 2 is 2.05 bits per heavy atom. The molecule has 3 nitrogen and oxygen atoms in total. The summed E-state index contributed by atoms with van der Waals surface area (Å²) in [6.45, 7) is 4.13. The highest BCUT2D eigenvalue weighted by Gasteiger charge is 2.20. The number of amides is 1. The fraction of sp³-hybridized carbons (Fsp3) is 0.500. The van der Waals surface area contributed by atoms with Gasteiger partial charge in [0.15, 0.2) is 0 Å². The van der Waals surface area contributed by atoms with Crippen LogP contribution < -0.4 is 10.6 Å². The van der Waals surface area contributed by atoms with Gasteiger partial charge < -0.3 is 10.6 Å². The summed E-state index contributed by atoms with van der Waals surface area (Å²) in [5.41, 5.74) is 0.188. The van der Waals surface area contributed by atoms with Crippen LogP contribution >= 0.6 is 0 Å². The first-order valence-corrected chi connectivity index (χ1v) is 6.39. The van der Waals surface area contributed by atoms with E-state index in [-0.39, 0.29) is 17.4 Å². The van der Waals surface area contributed by atoms with Gasteiger partial charge in [-0.2, -0.15) is 0 Å². The van der Waals surface area contributed by atoms with Crippen LogP contribution in [0.5, 0.6) is 0 Å². The Bertz CT molecular complexity index is 437. The molecule has 0 radical (unpaired) electrons. The van der Waals surface area contributed by atoms with Crippen molar-refractivity contribution in [1.29, 1.82) is 0 Å². The highest BCUT2D eigenvalue weighted by atomic mass is 19.1. The van der Waals surface area contributed by atoms with Gasteiger partial charge >= 0.3 is 0 Å². The Hall–Kier alpha value is -1.49. The molecule has 0 saturated heterocycles. The van der Waals surface area contributed by atoms with Crippen molar-refractivity contribution >= 4 is 5.91 Å². The van der Waals surface area contributed by atoms with Gasteiger partial charge in [-0.15, -0.1) is 0 Å². The minimum atomic E-state index is -0.512. The summed E-state index contributed by atoms with van der Waals surface area (Å²) in [6, 6.07) is 2.77. The van der Waals surface area contributed by atoms with E-state index < -0.39 is 17.7 Å². The molecule has 0 fully saturated rings. The number of benzene rings is 1. The summed E-state index contributed by atoms with van der Waals surface area (Å²) in [7, 11) is 1.76. The normalized spacial score (nSPS) is 13.9. The Morgan fingerprint density at radius 1 is 1.37 bits per heavy atom. The van der Waals surface area contributed by atoms with Crippen LogP contribution in [0.15, 0.2) is 18.2 Å². The first kappa shape index (κ1) is 15.6. The third-order valence-electron chi connectivity index (χ3n) is 3.02. The molecule has 2 unspecified atom stereocenters. The van der Waals surface area contributed by atoms with E-state index in [2.05, 4.69) is 10.6 Å². The monoisotopic (exact) mass is 270 g/mol. The minimum Gasteiger partial charge on any atom is -0.349 e. The zero-order valence-corrected chi connectivity index (χ0v) is 11.5. The molecule has 1 aromatic rings. The topological polar surface area (TPSA) is 41.1 Å². The number of hydrogen-bond donors (Lipinski definition) is 2. The second-order valence-electron chi connectivity index (χ2n) is 4.59. The van der Waals surface area contributed by atoms with Crippen molar-refractivity contribution in [3.63, 3.8) is 0 Å². The van der Waals surface area contributed by atoms with Gasteiger partial charge in [0.1, 0.15) is 11.6 Å². The average Bonchev–Trinajstić information content (AvgIpc) is 2.39. The van der Waals surface area contributed by atoms with Gasteiger partial charge in [0.2, 0.25) is 5.91 Å². The molecule has 0 heterocycles. The van der Waals surface area contributed by atoms with Crippen LogP contribution in [-0.2, 0) is 4.79 Å². The summed E-state index contributed by atoms with van der Waals surface area (Å²) in [6.07, 6.45) is 0.498. The van der Waals surface area contributed by atoms with Crippen LogP contribution in [0, 0.1) is 17.6 Å². The maximum atomic E-state index is 13.7. The predicted octanol–water partition coefficient (Wildman–Crippen LogP) is 2.39. The van der Waals surface area contributed by atoms with Crippen LogP contribution in [-0.4, -0.2) is 19.5 Å². The number of carbonyl (C=O) groups is 1. The molecule has 1 amide bonds. The van der Waals surface area contributed by atoms with Gasteiger partial charge in [-0.25, -0.2) is 8.78 Å². The van der Waals surface area contributed by atoms with Crippen molar-refractivity contribution in [2.24, 2.45) is 5.92 Å². The van der Waals surface area contributed by atoms with Crippen LogP contribution in [0.25, 0.3) is 0 Å². The van der Waals surface area contributed by atoms with E-state index in [0.717, 1.165) is 18.2 Å². The smallest absolute Gasteiger partial charge is 0.224 e. The lowest BCUT2D eigenvalue weighted by atomic mass is 10.0. The molecule has 0 aliphatic heterocycles. The lowest BCUT2D eigenvalue weighted by Crippen LogP contribution is -2.36. The third-order valence-corrected chi connectivity index (χ3v) is 3.02. The summed E-state index contributed by atoms with van der Waals surface area (Å²) in [5.74, 6) is -1.41. The molecule has 2 N–H and O–H groups in total. The van der Waals surface area contributed by atoms with Gasteiger partial charge in [-0.3, -0.25) is 4.79 Å². The summed E-state index contributed by atoms with van der Waals surface area (Å²) >= 11 is 0. The predicted molar refractivity (Wildman–Crippen MR) is 70.6 cm³/mol. The molecule has 0 saturated carbocycles. The van der Waals surface area contributed by atoms with Crippen molar-refractivity contribution < 1.29 is 13.6 Å². The van der Waals surface area contributed by atoms with Gasteiger partial charge in [0, 0.05) is 18.0 Å². The SMILES string of the molecule is CCC(NC(=O)C(C)CNC)c1cc(F)ccc1F. The molecular weight excluding hydrogens is 250 g/mol. The third kappa shape index (κ3) is 4.28. The molecule has 19 heavy (non-hydrogen) atoms. The van der Waals surface area contributed by atoms with E-state index in [1.165, 1.54) is 0 Å². The standard InChI is InChI=1S/C14H20F2N2O/c1-4-13(18-14(19)9(2)8-17-3)11-7-10(15)5-6-12(11)16/h5-7,9,13,17H,4,8H2,1-3H3,(H,18,19). The number of hydrogen-bond acceptors (Lipinski definition) is 2. The number of rotatable bonds is 6. The van der Waals surface area contributed by atoms with Gasteiger partial charge in [0.05, 0.1) is 6.04 Å². The molecule has 0 spiro atoms. The van der Waals surface area contributed by atoms with Crippen molar-refractivity contribution in [1.82, 2.24) is 10.6 Å². The van der Waals surface area contributed by atoms with Crippen molar-refractivity contribution in [2.45, 2.75) is 26.3 Å². The number of halogens is 2. The molecule has 5 heteroatoms. The van der Waals surface area contributed by atoms with E-state index in [1.54, 1.807) is 14.0 Å². The molecule has 0 aliphatic carbocycles. The molecule has 1 rings (SSSR count). The van der Waals surface area contributed by atoms with Crippen molar-refractivity contribution in [2.75, 3.05) is 13.6 Å². The highest BCUT2D eigenvalue weighted by Crippen LogP contribution is 2.21. The van der Waals surface area contributed by atoms with Crippen LogP contribution in [0.2, 0.25) is 0 Å². The largest absolute Gasteiger partial charge is 0.349 e. The lowest BCUT2D eigenvalue weighted by Gasteiger charge is -2.20. The van der Waals surface area contributed by atoms with Gasteiger partial charge in [-0.1, -0.05) is 13.8 Å². The number of carbonyl (C=O) groups excluding carboxylic acids is 1. The molecule has 0 aromatic heterocycles. The molecular formula is C14H20F2N2O. The van der Waals surface area contributed by atoms with E-state index in [9.17, 15) is 13.6 Å². The zero-order valence-electron chi connectivity index (χ0n) is 11.5. The molecule has 0 bridgehead atoms. The Labute approximate surface area is 112 Å². The van der Waals surface area contributed by atoms with Gasteiger partial charge in [0.25, 0.3) is 0 Å². The second kappa shape index (κ2) is 7.19. The Kier molecular flexibility index (Phi) is 5.89. The van der Waals surface area contributed by atoms with Crippen molar-refractivity contribution in [3.05, 3.63) is 35.4 Å². The maximum Gasteiger partial charge on any atom is 0.224 e. The van der Waals surface area contributed by atoms with Gasteiger partial charge in [-0.05, 0) is 31.7 Å². The molecule has 0 aliphatic rings. The van der Waals surface area contributed by atoms with Crippen LogP contribution in [0.1, 0.15) is 31.9 Å². The van der Waals surface area contributed by atoms with Crippen LogP contribution in [0.4, 0.5) is 8.78 Å². The summed E-state index contributed by atoms with van der Waals surface area (Å²) in [5, 5.41) is 5.65. The average molecular weight is 270 g/mol. The molecule has 2 atom stereocenters. The fourth-order valence-electron chi connectivity index (χ4n) is 1.89. The minimum absolute atomic E-state index is 0.176. The Balaban J connectivity index is 2.83. The summed E-state index contributed by atoms with van der Waals surface area (Å²) in [4.78, 5) is 11.9. The zero-order chi connectivity index (χ0) is 14.4. The van der Waals surface area contributed by atoms with E-state index in [0.29, 0.717) is 13.0 Å². The fourth-order valence-corrected chi connectivity index (χ4v) is 1.89. The lowest BCUT2D eigenvalue weighted by molar-refractivity contribution is -0.125. The van der Waals surface area contributed by atoms with E-state index in [1.807, 2.05) is 6.92 Å². The quantitative estimate of drug-likeness (QED) is 0.833. The van der Waals surface area contributed by atoms with Crippen molar-refractivity contribution in [3.8, 4) is 0 Å². The Morgan fingerprint density at radius 3 is 2.63 bits per heavy atom. The first-order chi connectivity index (χ1) is 8.99. The molecule has 106 valence electrons. The summed E-state index contributed by atoms with van der Waals surface area (Å²) < 4.78 is 26.8. The van der Waals surface area contributed by atoms with E-state index >= 15 is 0 Å². The number of nitrogens with one attached hydrogen (secondary N) is 2. The maximum absolute atomic E-state index is 13.7. The highest BCUT2D eigenvalue weighted by molar-refractivity contribution is 5.79. The van der Waals surface area contributed by atoms with E-state index in [4.69, 9.17) is 0 Å². The van der Waals surface area contributed by atoms with Crippen LogP contribution in [0.3, 0.4) is 0 Å². The second-order valence-corrected chi connectivity index (χ2v) is 4.59. The first-order valence-electron chi connectivity index (χ1n) is 6.39.